The highest BCUT2D eigenvalue weighted by Crippen LogP contribution is 2.34. The highest BCUT2D eigenvalue weighted by Gasteiger charge is 2.32. The van der Waals surface area contributed by atoms with Crippen LogP contribution in [0.1, 0.15) is 32.1 Å². The van der Waals surface area contributed by atoms with Gasteiger partial charge in [0.05, 0.1) is 11.8 Å². The molecule has 0 aliphatic carbocycles. The molecule has 4 rings (SSSR count). The number of rotatable bonds is 6. The van der Waals surface area contributed by atoms with Crippen LogP contribution < -0.4 is 15.5 Å². The number of anilines is 2. The highest BCUT2D eigenvalue weighted by atomic mass is 19.4. The van der Waals surface area contributed by atoms with Crippen molar-refractivity contribution < 1.29 is 22.8 Å². The van der Waals surface area contributed by atoms with Gasteiger partial charge in [-0.2, -0.15) is 18.3 Å². The van der Waals surface area contributed by atoms with E-state index in [0.717, 1.165) is 33.5 Å². The SMILES string of the molecule is CNC(=O)c1cc(-c2cc(-c3cc(NC(=O)c4cc(C(F)(F)F)cnn4)ccc3C)cc(N(C)C)c2)ccn1. The Morgan fingerprint density at radius 2 is 1.62 bits per heavy atom. The predicted octanol–water partition coefficient (Wildman–Crippen LogP) is 5.21. The molecule has 0 fully saturated rings. The molecule has 0 aliphatic rings. The molecule has 2 aromatic heterocycles. The number of alkyl halides is 3. The van der Waals surface area contributed by atoms with Crippen LogP contribution in [0, 0.1) is 6.92 Å². The molecule has 39 heavy (non-hydrogen) atoms. The average molecular weight is 535 g/mol. The minimum absolute atomic E-state index is 0.283. The summed E-state index contributed by atoms with van der Waals surface area (Å²) in [6.07, 6.45) is -2.51. The second-order valence-corrected chi connectivity index (χ2v) is 8.98. The van der Waals surface area contributed by atoms with Crippen molar-refractivity contribution in [3.05, 3.63) is 89.5 Å². The van der Waals surface area contributed by atoms with Crippen LogP contribution in [0.5, 0.6) is 0 Å². The van der Waals surface area contributed by atoms with Crippen LogP contribution >= 0.6 is 0 Å². The molecule has 0 saturated carbocycles. The van der Waals surface area contributed by atoms with Crippen LogP contribution in [-0.4, -0.2) is 48.1 Å². The monoisotopic (exact) mass is 534 g/mol. The molecule has 2 amide bonds. The molecule has 2 aromatic carbocycles. The molecular weight excluding hydrogens is 509 g/mol. The van der Waals surface area contributed by atoms with Gasteiger partial charge in [-0.15, -0.1) is 5.10 Å². The fourth-order valence-corrected chi connectivity index (χ4v) is 3.89. The summed E-state index contributed by atoms with van der Waals surface area (Å²) in [5, 5.41) is 12.0. The highest BCUT2D eigenvalue weighted by molar-refractivity contribution is 6.03. The van der Waals surface area contributed by atoms with Crippen molar-refractivity contribution >= 4 is 23.2 Å². The lowest BCUT2D eigenvalue weighted by atomic mass is 9.95. The minimum atomic E-state index is -4.65. The summed E-state index contributed by atoms with van der Waals surface area (Å²) in [6.45, 7) is 1.91. The Morgan fingerprint density at radius 3 is 2.31 bits per heavy atom. The van der Waals surface area contributed by atoms with E-state index in [4.69, 9.17) is 0 Å². The van der Waals surface area contributed by atoms with Crippen molar-refractivity contribution in [1.29, 1.82) is 0 Å². The normalized spacial score (nSPS) is 11.2. The molecule has 0 aliphatic heterocycles. The number of aryl methyl sites for hydroxylation is 1. The van der Waals surface area contributed by atoms with E-state index >= 15 is 0 Å². The van der Waals surface area contributed by atoms with E-state index in [0.29, 0.717) is 18.0 Å². The van der Waals surface area contributed by atoms with Crippen LogP contribution in [-0.2, 0) is 6.18 Å². The summed E-state index contributed by atoms with van der Waals surface area (Å²) in [6, 6.07) is 15.3. The molecule has 0 saturated heterocycles. The standard InChI is InChI=1S/C28H25F3N6O2/c1-16-5-6-21(35-27(39)25-13-20(15-34-36-25)28(29,30)31)14-23(16)19-9-18(10-22(11-19)37(3)4)17-7-8-33-24(12-17)26(38)32-2/h5-15H,1-4H3,(H,32,38)(H,35,39). The molecule has 11 heteroatoms. The Bertz CT molecular complexity index is 1550. The zero-order valence-electron chi connectivity index (χ0n) is 21.6. The van der Waals surface area contributed by atoms with Gasteiger partial charge in [0, 0.05) is 38.7 Å². The zero-order valence-corrected chi connectivity index (χ0v) is 21.6. The molecule has 0 radical (unpaired) electrons. The number of hydrogen-bond donors (Lipinski definition) is 2. The third-order valence-electron chi connectivity index (χ3n) is 6.01. The van der Waals surface area contributed by atoms with Gasteiger partial charge < -0.3 is 15.5 Å². The van der Waals surface area contributed by atoms with E-state index in [-0.39, 0.29) is 11.6 Å². The molecule has 0 atom stereocenters. The number of carbonyl (C=O) groups is 2. The summed E-state index contributed by atoms with van der Waals surface area (Å²) in [7, 11) is 5.35. The van der Waals surface area contributed by atoms with E-state index < -0.39 is 23.3 Å². The van der Waals surface area contributed by atoms with Gasteiger partial charge in [0.2, 0.25) is 0 Å². The van der Waals surface area contributed by atoms with Crippen molar-refractivity contribution in [2.24, 2.45) is 0 Å². The van der Waals surface area contributed by atoms with Gasteiger partial charge in [0.25, 0.3) is 11.8 Å². The first-order valence-corrected chi connectivity index (χ1v) is 11.8. The lowest BCUT2D eigenvalue weighted by molar-refractivity contribution is -0.137. The predicted molar refractivity (Wildman–Crippen MR) is 143 cm³/mol. The van der Waals surface area contributed by atoms with Gasteiger partial charge in [-0.3, -0.25) is 14.6 Å². The summed E-state index contributed by atoms with van der Waals surface area (Å²) >= 11 is 0. The first-order chi connectivity index (χ1) is 18.5. The van der Waals surface area contributed by atoms with Gasteiger partial charge in [-0.25, -0.2) is 0 Å². The Labute approximate surface area is 222 Å². The van der Waals surface area contributed by atoms with E-state index in [9.17, 15) is 22.8 Å². The number of pyridine rings is 1. The molecule has 2 N–H and O–H groups in total. The topological polar surface area (TPSA) is 100 Å². The third-order valence-corrected chi connectivity index (χ3v) is 6.01. The maximum absolute atomic E-state index is 13.0. The molecule has 0 bridgehead atoms. The minimum Gasteiger partial charge on any atom is -0.378 e. The number of carbonyl (C=O) groups excluding carboxylic acids is 2. The average Bonchev–Trinajstić information content (AvgIpc) is 2.93. The van der Waals surface area contributed by atoms with Crippen molar-refractivity contribution in [1.82, 2.24) is 20.5 Å². The Morgan fingerprint density at radius 1 is 0.872 bits per heavy atom. The van der Waals surface area contributed by atoms with Gasteiger partial charge in [-0.1, -0.05) is 6.07 Å². The summed E-state index contributed by atoms with van der Waals surface area (Å²) in [4.78, 5) is 30.9. The zero-order chi connectivity index (χ0) is 28.3. The Kier molecular flexibility index (Phi) is 7.61. The van der Waals surface area contributed by atoms with Gasteiger partial charge >= 0.3 is 6.18 Å². The third kappa shape index (κ3) is 6.20. The number of halogens is 3. The number of hydrogen-bond acceptors (Lipinski definition) is 6. The summed E-state index contributed by atoms with van der Waals surface area (Å²) < 4.78 is 39.1. The van der Waals surface area contributed by atoms with Crippen LogP contribution in [0.4, 0.5) is 24.5 Å². The lowest BCUT2D eigenvalue weighted by Gasteiger charge is -2.18. The maximum atomic E-state index is 13.0. The van der Waals surface area contributed by atoms with Crippen LogP contribution in [0.2, 0.25) is 0 Å². The first kappa shape index (κ1) is 27.2. The molecule has 8 nitrogen and oxygen atoms in total. The number of amides is 2. The number of nitrogens with one attached hydrogen (secondary N) is 2. The van der Waals surface area contributed by atoms with Crippen LogP contribution in [0.3, 0.4) is 0 Å². The number of benzene rings is 2. The molecule has 200 valence electrons. The fraction of sp³-hybridized carbons (Fsp3) is 0.179. The van der Waals surface area contributed by atoms with Crippen molar-refractivity contribution in [2.45, 2.75) is 13.1 Å². The lowest BCUT2D eigenvalue weighted by Crippen LogP contribution is -2.19. The van der Waals surface area contributed by atoms with Crippen LogP contribution in [0.25, 0.3) is 22.3 Å². The maximum Gasteiger partial charge on any atom is 0.418 e. The van der Waals surface area contributed by atoms with Crippen molar-refractivity contribution in [3.8, 4) is 22.3 Å². The van der Waals surface area contributed by atoms with E-state index in [1.807, 2.05) is 50.2 Å². The smallest absolute Gasteiger partial charge is 0.378 e. The number of aromatic nitrogens is 3. The van der Waals surface area contributed by atoms with Gasteiger partial charge in [0.1, 0.15) is 5.69 Å². The molecular formula is C28H25F3N6O2. The van der Waals surface area contributed by atoms with Crippen molar-refractivity contribution in [2.75, 3.05) is 31.4 Å². The summed E-state index contributed by atoms with van der Waals surface area (Å²) in [5.74, 6) is -1.12. The second-order valence-electron chi connectivity index (χ2n) is 8.98. The molecule has 4 aromatic rings. The van der Waals surface area contributed by atoms with E-state index in [2.05, 4.69) is 25.8 Å². The van der Waals surface area contributed by atoms with Crippen molar-refractivity contribution in [3.63, 3.8) is 0 Å². The van der Waals surface area contributed by atoms with E-state index in [1.165, 1.54) is 7.05 Å². The quantitative estimate of drug-likeness (QED) is 0.352. The second kappa shape index (κ2) is 10.9. The molecule has 0 spiro atoms. The van der Waals surface area contributed by atoms with Crippen LogP contribution in [0.15, 0.2) is 67.0 Å². The van der Waals surface area contributed by atoms with Gasteiger partial charge in [0.15, 0.2) is 5.69 Å². The first-order valence-electron chi connectivity index (χ1n) is 11.8. The molecule has 0 unspecified atom stereocenters. The Hall–Kier alpha value is -4.80. The molecule has 2 heterocycles. The largest absolute Gasteiger partial charge is 0.418 e. The van der Waals surface area contributed by atoms with Gasteiger partial charge in [-0.05, 0) is 83.3 Å². The van der Waals surface area contributed by atoms with E-state index in [1.54, 1.807) is 30.5 Å². The number of nitrogens with zero attached hydrogens (tertiary/aromatic N) is 4. The fourth-order valence-electron chi connectivity index (χ4n) is 3.89. The Balaban J connectivity index is 1.72. The summed E-state index contributed by atoms with van der Waals surface area (Å²) in [5.41, 5.74) is 4.23.